The van der Waals surface area contributed by atoms with Crippen LogP contribution in [-0.4, -0.2) is 66.4 Å². The molecule has 0 unspecified atom stereocenters. The lowest BCUT2D eigenvalue weighted by Gasteiger charge is -2.59. The van der Waals surface area contributed by atoms with Crippen LogP contribution < -0.4 is 4.90 Å². The Morgan fingerprint density at radius 3 is 2.52 bits per heavy atom. The van der Waals surface area contributed by atoms with Crippen LogP contribution in [0.4, 0.5) is 18.9 Å². The summed E-state index contributed by atoms with van der Waals surface area (Å²) in [5.74, 6) is -1.57. The van der Waals surface area contributed by atoms with Crippen LogP contribution >= 0.6 is 0 Å². The molecule has 0 bridgehead atoms. The van der Waals surface area contributed by atoms with E-state index >= 15 is 0 Å². The first-order chi connectivity index (χ1) is 13.8. The molecule has 2 amide bonds. The summed E-state index contributed by atoms with van der Waals surface area (Å²) in [5.41, 5.74) is 1.13. The van der Waals surface area contributed by atoms with Gasteiger partial charge in [-0.15, -0.1) is 0 Å². The fourth-order valence-electron chi connectivity index (χ4n) is 4.85. The zero-order valence-electron chi connectivity index (χ0n) is 15.8. The molecule has 0 spiro atoms. The molecular weight excluding hydrogens is 389 g/mol. The Hall–Kier alpha value is -2.13. The largest absolute Gasteiger partial charge is 0.397 e. The number of aliphatic hydroxyl groups is 1. The van der Waals surface area contributed by atoms with Crippen LogP contribution in [0.2, 0.25) is 0 Å². The third kappa shape index (κ3) is 3.61. The Bertz CT molecular complexity index is 794. The molecule has 29 heavy (non-hydrogen) atoms. The smallest absolute Gasteiger partial charge is 0.394 e. The van der Waals surface area contributed by atoms with Gasteiger partial charge in [-0.2, -0.15) is 13.2 Å². The second-order valence-corrected chi connectivity index (χ2v) is 7.83. The van der Waals surface area contributed by atoms with E-state index in [0.717, 1.165) is 4.90 Å². The van der Waals surface area contributed by atoms with Gasteiger partial charge in [0.15, 0.2) is 0 Å². The topological polar surface area (TPSA) is 70.1 Å². The van der Waals surface area contributed by atoms with Gasteiger partial charge in [-0.3, -0.25) is 9.59 Å². The lowest BCUT2D eigenvalue weighted by atomic mass is 9.71. The number of benzene rings is 1. The Morgan fingerprint density at radius 1 is 1.17 bits per heavy atom. The van der Waals surface area contributed by atoms with Gasteiger partial charge < -0.3 is 19.6 Å². The van der Waals surface area contributed by atoms with Gasteiger partial charge in [0.05, 0.1) is 18.7 Å². The lowest BCUT2D eigenvalue weighted by molar-refractivity contribution is -0.160. The number of halogens is 3. The molecule has 0 aliphatic carbocycles. The zero-order chi connectivity index (χ0) is 20.8. The quantitative estimate of drug-likeness (QED) is 0.825. The monoisotopic (exact) mass is 412 g/mol. The second-order valence-electron chi connectivity index (χ2n) is 7.83. The summed E-state index contributed by atoms with van der Waals surface area (Å²) < 4.78 is 43.8. The van der Waals surface area contributed by atoms with Crippen LogP contribution in [0.15, 0.2) is 24.3 Å². The molecule has 1 aromatic rings. The summed E-state index contributed by atoms with van der Waals surface area (Å²) in [6.45, 7) is 0.741. The van der Waals surface area contributed by atoms with Crippen molar-refractivity contribution in [2.24, 2.45) is 5.92 Å². The molecule has 3 aliphatic heterocycles. The second kappa shape index (κ2) is 7.60. The van der Waals surface area contributed by atoms with Crippen molar-refractivity contribution in [3.8, 4) is 0 Å². The van der Waals surface area contributed by atoms with E-state index in [1.807, 2.05) is 0 Å². The molecule has 3 aliphatic rings. The SMILES string of the molecule is O=C(CC(F)(F)F)N1C[C@H]2[C@@H](c3ccccc31)[C@H](CO)N2C(=O)C1CCOCC1. The van der Waals surface area contributed by atoms with E-state index in [-0.39, 0.29) is 30.9 Å². The van der Waals surface area contributed by atoms with Crippen LogP contribution in [0.3, 0.4) is 0 Å². The highest BCUT2D eigenvalue weighted by molar-refractivity contribution is 5.96. The zero-order valence-corrected chi connectivity index (χ0v) is 15.8. The van der Waals surface area contributed by atoms with Gasteiger partial charge in [0.25, 0.3) is 0 Å². The van der Waals surface area contributed by atoms with Gasteiger partial charge >= 0.3 is 6.18 Å². The van der Waals surface area contributed by atoms with Crippen LogP contribution in [0.5, 0.6) is 0 Å². The number of carbonyl (C=O) groups excluding carboxylic acids is 2. The number of nitrogens with zero attached hydrogens (tertiary/aromatic N) is 2. The van der Waals surface area contributed by atoms with Gasteiger partial charge in [-0.25, -0.2) is 0 Å². The number of anilines is 1. The summed E-state index contributed by atoms with van der Waals surface area (Å²) in [6, 6.07) is 5.94. The van der Waals surface area contributed by atoms with Crippen molar-refractivity contribution in [1.82, 2.24) is 4.90 Å². The van der Waals surface area contributed by atoms with Crippen molar-refractivity contribution < 1.29 is 32.6 Å². The predicted molar refractivity (Wildman–Crippen MR) is 97.3 cm³/mol. The summed E-state index contributed by atoms with van der Waals surface area (Å²) >= 11 is 0. The molecule has 0 radical (unpaired) electrons. The predicted octanol–water partition coefficient (Wildman–Crippen LogP) is 2.07. The Balaban J connectivity index is 1.63. The van der Waals surface area contributed by atoms with E-state index in [2.05, 4.69) is 0 Å². The number of hydrogen-bond acceptors (Lipinski definition) is 4. The number of rotatable bonds is 3. The molecule has 1 aromatic carbocycles. The highest BCUT2D eigenvalue weighted by atomic mass is 19.4. The van der Waals surface area contributed by atoms with Crippen molar-refractivity contribution in [2.45, 2.75) is 43.4 Å². The normalized spacial score (nSPS) is 27.1. The Kier molecular flexibility index (Phi) is 5.29. The average Bonchev–Trinajstić information content (AvgIpc) is 2.67. The highest BCUT2D eigenvalue weighted by Gasteiger charge is 2.56. The van der Waals surface area contributed by atoms with Gasteiger partial charge in [0, 0.05) is 37.3 Å². The van der Waals surface area contributed by atoms with Crippen molar-refractivity contribution in [2.75, 3.05) is 31.3 Å². The molecule has 3 heterocycles. The first-order valence-electron chi connectivity index (χ1n) is 9.78. The third-order valence-electron chi connectivity index (χ3n) is 6.16. The third-order valence-corrected chi connectivity index (χ3v) is 6.16. The summed E-state index contributed by atoms with van der Waals surface area (Å²) in [7, 11) is 0. The number of likely N-dealkylation sites (tertiary alicyclic amines) is 1. The number of alkyl halides is 3. The molecule has 9 heteroatoms. The van der Waals surface area contributed by atoms with Crippen molar-refractivity contribution in [1.29, 1.82) is 0 Å². The molecule has 6 nitrogen and oxygen atoms in total. The number of carbonyl (C=O) groups is 2. The maximum absolute atomic E-state index is 13.1. The van der Waals surface area contributed by atoms with Crippen LogP contribution in [0.1, 0.15) is 30.7 Å². The Labute approximate surface area is 166 Å². The van der Waals surface area contributed by atoms with Crippen molar-refractivity contribution in [3.05, 3.63) is 29.8 Å². The molecule has 1 N–H and O–H groups in total. The molecule has 2 fully saturated rings. The Morgan fingerprint density at radius 2 is 1.86 bits per heavy atom. The highest BCUT2D eigenvalue weighted by Crippen LogP contribution is 2.49. The van der Waals surface area contributed by atoms with Gasteiger partial charge in [0.2, 0.25) is 11.8 Å². The van der Waals surface area contributed by atoms with E-state index in [1.165, 1.54) is 0 Å². The molecule has 3 atom stereocenters. The molecule has 158 valence electrons. The first-order valence-corrected chi connectivity index (χ1v) is 9.78. The maximum Gasteiger partial charge on any atom is 0.397 e. The van der Waals surface area contributed by atoms with E-state index in [9.17, 15) is 27.9 Å². The lowest BCUT2D eigenvalue weighted by Crippen LogP contribution is -2.71. The van der Waals surface area contributed by atoms with Crippen molar-refractivity contribution >= 4 is 17.5 Å². The minimum Gasteiger partial charge on any atom is -0.394 e. The number of para-hydroxylation sites is 1. The fourth-order valence-corrected chi connectivity index (χ4v) is 4.85. The molecule has 0 saturated carbocycles. The molecule has 2 saturated heterocycles. The van der Waals surface area contributed by atoms with Crippen LogP contribution in [0, 0.1) is 5.92 Å². The summed E-state index contributed by atoms with van der Waals surface area (Å²) in [4.78, 5) is 28.2. The minimum absolute atomic E-state index is 0.00204. The van der Waals surface area contributed by atoms with Gasteiger partial charge in [0.1, 0.15) is 6.42 Å². The summed E-state index contributed by atoms with van der Waals surface area (Å²) in [5, 5.41) is 9.95. The number of amides is 2. The summed E-state index contributed by atoms with van der Waals surface area (Å²) in [6.07, 6.45) is -4.99. The van der Waals surface area contributed by atoms with Gasteiger partial charge in [-0.1, -0.05) is 18.2 Å². The number of hydrogen-bond donors (Lipinski definition) is 1. The number of ether oxygens (including phenoxy) is 1. The average molecular weight is 412 g/mol. The minimum atomic E-state index is -4.60. The van der Waals surface area contributed by atoms with E-state index in [4.69, 9.17) is 4.74 Å². The van der Waals surface area contributed by atoms with E-state index in [1.54, 1.807) is 29.2 Å². The standard InChI is InChI=1S/C20H23F3N2O4/c21-20(22,23)9-17(27)24-10-15-18(13-3-1-2-4-14(13)24)16(11-26)25(15)19(28)12-5-7-29-8-6-12/h1-4,12,15-16,18,26H,5-11H2/t15-,16-,18+/m0/s1. The molecule has 0 aromatic heterocycles. The fraction of sp³-hybridized carbons (Fsp3) is 0.600. The van der Waals surface area contributed by atoms with Crippen molar-refractivity contribution in [3.63, 3.8) is 0 Å². The van der Waals surface area contributed by atoms with Crippen LogP contribution in [-0.2, 0) is 14.3 Å². The molecule has 4 rings (SSSR count). The number of aliphatic hydroxyl groups excluding tert-OH is 1. The maximum atomic E-state index is 13.1. The number of fused-ring (bicyclic) bond motifs is 3. The van der Waals surface area contributed by atoms with E-state index in [0.29, 0.717) is 37.3 Å². The van der Waals surface area contributed by atoms with E-state index < -0.39 is 30.6 Å². The van der Waals surface area contributed by atoms with Crippen LogP contribution in [0.25, 0.3) is 0 Å². The molecular formula is C20H23F3N2O4. The first kappa shape index (κ1) is 20.2. The van der Waals surface area contributed by atoms with Gasteiger partial charge in [-0.05, 0) is 24.5 Å².